The molecule has 0 radical (unpaired) electrons. The molecule has 1 spiro atoms. The minimum atomic E-state index is -0.899. The maximum absolute atomic E-state index is 14.1. The quantitative estimate of drug-likeness (QED) is 0.628. The highest BCUT2D eigenvalue weighted by Crippen LogP contribution is 2.40. The van der Waals surface area contributed by atoms with E-state index in [0.29, 0.717) is 55.4 Å². The second-order valence-corrected chi connectivity index (χ2v) is 9.18. The van der Waals surface area contributed by atoms with Crippen LogP contribution in [-0.2, 0) is 28.7 Å². The van der Waals surface area contributed by atoms with E-state index in [1.165, 1.54) is 0 Å². The number of carbonyl (C=O) groups is 2. The predicted molar refractivity (Wildman–Crippen MR) is 122 cm³/mol. The second-order valence-electron chi connectivity index (χ2n) is 9.18. The molecule has 3 heterocycles. The molecule has 0 aliphatic carbocycles. The number of nitrogens with one attached hydrogen (secondary N) is 1. The molecular formula is C25H35N2O7+. The first kappa shape index (κ1) is 24.8. The first-order chi connectivity index (χ1) is 16.3. The van der Waals surface area contributed by atoms with Crippen molar-refractivity contribution in [3.05, 3.63) is 40.1 Å². The number of amides is 1. The number of benzene rings is 1. The third kappa shape index (κ3) is 4.50. The van der Waals surface area contributed by atoms with Crippen molar-refractivity contribution in [2.75, 3.05) is 33.4 Å². The Hall–Kier alpha value is -2.30. The van der Waals surface area contributed by atoms with E-state index in [2.05, 4.69) is 0 Å². The number of hydroxylamine groups is 4. The molecule has 0 saturated carbocycles. The van der Waals surface area contributed by atoms with Crippen LogP contribution >= 0.6 is 0 Å². The Bertz CT molecular complexity index is 952. The van der Waals surface area contributed by atoms with Crippen molar-refractivity contribution in [2.45, 2.75) is 65.2 Å². The summed E-state index contributed by atoms with van der Waals surface area (Å²) in [5.74, 6) is 0.0606. The van der Waals surface area contributed by atoms with Gasteiger partial charge in [0.15, 0.2) is 11.3 Å². The third-order valence-electron chi connectivity index (χ3n) is 6.88. The van der Waals surface area contributed by atoms with Gasteiger partial charge >= 0.3 is 12.1 Å². The van der Waals surface area contributed by atoms with Crippen molar-refractivity contribution < 1.29 is 38.5 Å². The van der Waals surface area contributed by atoms with Gasteiger partial charge in [0.25, 0.3) is 0 Å². The zero-order chi connectivity index (χ0) is 24.5. The normalized spacial score (nSPS) is 24.8. The van der Waals surface area contributed by atoms with Crippen LogP contribution in [0, 0.1) is 20.8 Å². The van der Waals surface area contributed by atoms with Gasteiger partial charge in [-0.05, 0) is 45.2 Å². The summed E-state index contributed by atoms with van der Waals surface area (Å²) in [5, 5.41) is 2.13. The van der Waals surface area contributed by atoms with E-state index in [9.17, 15) is 9.59 Å². The number of nitrogens with zero attached hydrogens (tertiary/aromatic N) is 1. The molecule has 9 nitrogen and oxygen atoms in total. The molecule has 4 rings (SSSR count). The molecule has 0 aromatic heterocycles. The fourth-order valence-electron chi connectivity index (χ4n) is 5.40. The third-order valence-corrected chi connectivity index (χ3v) is 6.88. The molecule has 2 atom stereocenters. The van der Waals surface area contributed by atoms with Crippen molar-refractivity contribution in [3.63, 3.8) is 0 Å². The molecule has 1 aromatic carbocycles. The Morgan fingerprint density at radius 2 is 1.88 bits per heavy atom. The van der Waals surface area contributed by atoms with E-state index in [-0.39, 0.29) is 12.5 Å². The van der Waals surface area contributed by atoms with E-state index in [1.807, 2.05) is 38.0 Å². The molecule has 186 valence electrons. The predicted octanol–water partition coefficient (Wildman–Crippen LogP) is 2.39. The summed E-state index contributed by atoms with van der Waals surface area (Å²) in [6.07, 6.45) is 1.27. The van der Waals surface area contributed by atoms with Gasteiger partial charge in [0, 0.05) is 37.9 Å². The van der Waals surface area contributed by atoms with Crippen LogP contribution in [-0.4, -0.2) is 62.4 Å². The zero-order valence-corrected chi connectivity index (χ0v) is 20.7. The van der Waals surface area contributed by atoms with Crippen LogP contribution < -0.4 is 5.06 Å². The maximum Gasteiger partial charge on any atom is 0.513 e. The van der Waals surface area contributed by atoms with Crippen molar-refractivity contribution in [1.29, 1.82) is 0 Å². The average molecular weight is 476 g/mol. The van der Waals surface area contributed by atoms with Crippen LogP contribution in [0.15, 0.2) is 17.9 Å². The summed E-state index contributed by atoms with van der Waals surface area (Å²) < 4.78 is 16.7. The number of hydrogen-bond acceptors (Lipinski definition) is 8. The Balaban J connectivity index is 1.87. The van der Waals surface area contributed by atoms with Crippen LogP contribution in [0.5, 0.6) is 0 Å². The molecule has 1 amide bonds. The van der Waals surface area contributed by atoms with Gasteiger partial charge in [-0.15, -0.1) is 5.06 Å². The van der Waals surface area contributed by atoms with Gasteiger partial charge in [-0.3, -0.25) is 0 Å². The summed E-state index contributed by atoms with van der Waals surface area (Å²) in [7, 11) is 1.63. The maximum atomic E-state index is 14.1. The first-order valence-electron chi connectivity index (χ1n) is 12.0. The molecule has 2 fully saturated rings. The lowest BCUT2D eigenvalue weighted by molar-refractivity contribution is -1.07. The standard InChI is InChI=1S/C25H34N2O7/c1-6-31-24(29)33-22-21(20-17(3)14-16(2)15-18(20)4)23(28)27(34-19-8-7-13-32-19)25(22)9-11-26(30-5)12-10-25/h14-15,19H,6-13H2,1-5H3/p+1. The second kappa shape index (κ2) is 10.1. The minimum absolute atomic E-state index is 0.172. The number of hydrogen-bond donors (Lipinski definition) is 1. The first-order valence-corrected chi connectivity index (χ1v) is 12.0. The Morgan fingerprint density at radius 1 is 1.21 bits per heavy atom. The lowest BCUT2D eigenvalue weighted by atomic mass is 9.84. The summed E-state index contributed by atoms with van der Waals surface area (Å²) >= 11 is 0. The highest BCUT2D eigenvalue weighted by molar-refractivity contribution is 6.19. The van der Waals surface area contributed by atoms with Gasteiger partial charge in [0.05, 0.1) is 20.3 Å². The average Bonchev–Trinajstić information content (AvgIpc) is 3.37. The molecule has 1 aromatic rings. The lowest BCUT2D eigenvalue weighted by Gasteiger charge is -2.39. The van der Waals surface area contributed by atoms with Gasteiger partial charge < -0.3 is 19.0 Å². The fourth-order valence-corrected chi connectivity index (χ4v) is 5.40. The Kier molecular flexibility index (Phi) is 7.39. The van der Waals surface area contributed by atoms with Gasteiger partial charge in [-0.1, -0.05) is 17.7 Å². The SMILES string of the molecule is CCOC(=O)OC1=C(c2c(C)cc(C)cc2C)C(=O)[NH+](OC2CCCO2)C12CCN(OC)CC2. The van der Waals surface area contributed by atoms with Crippen molar-refractivity contribution in [1.82, 2.24) is 5.06 Å². The van der Waals surface area contributed by atoms with Crippen molar-refractivity contribution >= 4 is 17.6 Å². The molecule has 1 N–H and O–H groups in total. The van der Waals surface area contributed by atoms with Crippen molar-refractivity contribution in [3.8, 4) is 0 Å². The van der Waals surface area contributed by atoms with Crippen LogP contribution in [0.1, 0.15) is 54.9 Å². The number of ether oxygens (including phenoxy) is 3. The molecule has 9 heteroatoms. The highest BCUT2D eigenvalue weighted by atomic mass is 16.8. The smallest absolute Gasteiger partial charge is 0.434 e. The number of piperidine rings is 1. The molecular weight excluding hydrogens is 440 g/mol. The Labute approximate surface area is 200 Å². The van der Waals surface area contributed by atoms with Gasteiger partial charge in [-0.2, -0.15) is 9.90 Å². The molecule has 2 saturated heterocycles. The van der Waals surface area contributed by atoms with Crippen LogP contribution in [0.4, 0.5) is 4.79 Å². The summed E-state index contributed by atoms with van der Waals surface area (Å²) in [6.45, 7) is 9.55. The topological polar surface area (TPSA) is 88.0 Å². The number of carbonyl (C=O) groups excluding carboxylic acids is 2. The van der Waals surface area contributed by atoms with E-state index >= 15 is 0 Å². The molecule has 2 unspecified atom stereocenters. The van der Waals surface area contributed by atoms with E-state index < -0.39 is 18.0 Å². The van der Waals surface area contributed by atoms with Crippen LogP contribution in [0.2, 0.25) is 0 Å². The summed E-state index contributed by atoms with van der Waals surface area (Å²) in [4.78, 5) is 38.4. The van der Waals surface area contributed by atoms with Crippen LogP contribution in [0.25, 0.3) is 5.57 Å². The van der Waals surface area contributed by atoms with Crippen molar-refractivity contribution in [2.24, 2.45) is 0 Å². The van der Waals surface area contributed by atoms with Gasteiger partial charge in [0.2, 0.25) is 6.29 Å². The molecule has 0 bridgehead atoms. The highest BCUT2D eigenvalue weighted by Gasteiger charge is 2.63. The number of aryl methyl sites for hydroxylation is 3. The molecule has 34 heavy (non-hydrogen) atoms. The van der Waals surface area contributed by atoms with E-state index in [4.69, 9.17) is 23.9 Å². The lowest BCUT2D eigenvalue weighted by Crippen LogP contribution is -3.21. The zero-order valence-electron chi connectivity index (χ0n) is 20.7. The summed E-state index contributed by atoms with van der Waals surface area (Å²) in [5.41, 5.74) is 3.23. The fraction of sp³-hybridized carbons (Fsp3) is 0.600. The summed E-state index contributed by atoms with van der Waals surface area (Å²) in [6, 6.07) is 4.06. The van der Waals surface area contributed by atoms with E-state index in [1.54, 1.807) is 14.0 Å². The van der Waals surface area contributed by atoms with Gasteiger partial charge in [0.1, 0.15) is 5.57 Å². The molecule has 3 aliphatic rings. The Morgan fingerprint density at radius 3 is 2.44 bits per heavy atom. The van der Waals surface area contributed by atoms with Gasteiger partial charge in [-0.25, -0.2) is 9.59 Å². The number of quaternary nitrogens is 1. The van der Waals surface area contributed by atoms with Crippen LogP contribution in [0.3, 0.4) is 0 Å². The molecule has 3 aliphatic heterocycles. The minimum Gasteiger partial charge on any atom is -0.434 e. The monoisotopic (exact) mass is 475 g/mol. The van der Waals surface area contributed by atoms with E-state index in [0.717, 1.165) is 28.7 Å². The largest absolute Gasteiger partial charge is 0.513 e. The number of rotatable bonds is 6.